The molecule has 3 aromatic rings. The van der Waals surface area contributed by atoms with Crippen molar-refractivity contribution >= 4 is 84.8 Å². The number of Topliss-reactive ketones (excluding diaryl/α,β-unsaturated/α-hetero) is 1. The standard InChI is InChI=1S/C21H22F2N8O9P2S3/c22-10-9-4-37-42(35,44)39-14-8(38-19(11(14)23)30-5-26-12-7(32)1-2-25-16(12)30)3-36-41(34,43)40-15(10)20(45-9)31-6-27-13-17(31)28-21(24)29-18(13)33/h2,5-6,8-11,14-15,19-20H,1,3-4H2,(H,34,43)(H,35,44)(H3,24,28,29,33)/t8-,9-,10-,11+,14-,15-,19-,20-,41-,42-/m1/s1. The predicted octanol–water partition coefficient (Wildman–Crippen LogP) is 2.97. The molecule has 4 aliphatic rings. The highest BCUT2D eigenvalue weighted by atomic mass is 32.7. The number of thioether (sulfide) groups is 1. The number of hydrogen-bond donors (Lipinski definition) is 4. The minimum atomic E-state index is -4.44. The number of H-pyrrole nitrogens is 1. The van der Waals surface area contributed by atoms with Gasteiger partial charge in [-0.1, -0.05) is 24.5 Å². The molecule has 3 N–H and O–H groups in total. The van der Waals surface area contributed by atoms with Crippen LogP contribution in [0.25, 0.3) is 11.2 Å². The third kappa shape index (κ3) is 5.72. The molecular formula is C21H22F2N8O9P2S3. The van der Waals surface area contributed by atoms with E-state index in [2.05, 4.69) is 49.4 Å². The normalized spacial score (nSPS) is 38.8. The maximum absolute atomic E-state index is 16.0. The molecule has 17 nitrogen and oxygen atoms in total. The number of aliphatic imine (C=N–C) groups is 1. The van der Waals surface area contributed by atoms with Gasteiger partial charge in [-0.2, -0.15) is 4.98 Å². The average Bonchev–Trinajstić information content (AvgIpc) is 3.72. The van der Waals surface area contributed by atoms with Gasteiger partial charge in [0.25, 0.3) is 5.56 Å². The highest BCUT2D eigenvalue weighted by Gasteiger charge is 2.54. The smallest absolute Gasteiger partial charge is 0.369 e. The third-order valence-corrected chi connectivity index (χ3v) is 12.1. The van der Waals surface area contributed by atoms with Crippen LogP contribution in [0.3, 0.4) is 0 Å². The number of nitrogens with one attached hydrogen (secondary N) is 1. The van der Waals surface area contributed by atoms with E-state index in [1.165, 1.54) is 21.7 Å². The van der Waals surface area contributed by atoms with Crippen molar-refractivity contribution in [2.75, 3.05) is 18.9 Å². The molecular weight excluding hydrogens is 704 g/mol. The first-order valence-corrected chi connectivity index (χ1v) is 19.4. The number of carbonyl (C=O) groups excluding carboxylic acids is 1. The number of thiol groups is 2. The van der Waals surface area contributed by atoms with Crippen molar-refractivity contribution in [1.82, 2.24) is 29.1 Å². The van der Waals surface area contributed by atoms with E-state index in [-0.39, 0.29) is 40.8 Å². The summed E-state index contributed by atoms with van der Waals surface area (Å²) in [5.74, 6) is -0.515. The van der Waals surface area contributed by atoms with E-state index in [9.17, 15) is 18.7 Å². The van der Waals surface area contributed by atoms with Gasteiger partial charge in [-0.25, -0.2) is 32.9 Å². The molecule has 3 aromatic heterocycles. The zero-order chi connectivity index (χ0) is 31.8. The first-order valence-electron chi connectivity index (χ1n) is 13.1. The Balaban J connectivity index is 1.20. The highest BCUT2D eigenvalue weighted by Crippen LogP contribution is 2.62. The van der Waals surface area contributed by atoms with Gasteiger partial charge in [-0.15, -0.1) is 11.8 Å². The molecule has 10 atom stereocenters. The largest absolute Gasteiger partial charge is 0.386 e. The van der Waals surface area contributed by atoms with Gasteiger partial charge in [0.05, 0.1) is 31.1 Å². The van der Waals surface area contributed by atoms with E-state index < -0.39 is 79.9 Å². The van der Waals surface area contributed by atoms with E-state index in [0.29, 0.717) is 0 Å². The van der Waals surface area contributed by atoms with Gasteiger partial charge in [0, 0.05) is 12.6 Å². The van der Waals surface area contributed by atoms with Crippen molar-refractivity contribution in [3.05, 3.63) is 28.7 Å². The van der Waals surface area contributed by atoms with Crippen molar-refractivity contribution in [3.8, 4) is 0 Å². The van der Waals surface area contributed by atoms with Gasteiger partial charge in [-0.3, -0.25) is 41.8 Å². The summed E-state index contributed by atoms with van der Waals surface area (Å²) in [4.78, 5) is 43.1. The third-order valence-electron chi connectivity index (χ3n) is 7.37. The number of ether oxygens (including phenoxy) is 1. The molecule has 0 amide bonds. The van der Waals surface area contributed by atoms with Gasteiger partial charge in [0.2, 0.25) is 5.95 Å². The second-order valence-corrected chi connectivity index (χ2v) is 17.3. The molecule has 7 rings (SSSR count). The molecule has 0 aliphatic carbocycles. The molecule has 242 valence electrons. The number of imidazole rings is 2. The minimum absolute atomic E-state index is 0.00898. The van der Waals surface area contributed by atoms with Crippen LogP contribution in [0.4, 0.5) is 20.5 Å². The molecule has 4 aliphatic heterocycles. The lowest BCUT2D eigenvalue weighted by atomic mass is 10.1. The summed E-state index contributed by atoms with van der Waals surface area (Å²) in [6.45, 7) is -10.1. The van der Waals surface area contributed by atoms with Crippen LogP contribution < -0.4 is 11.3 Å². The van der Waals surface area contributed by atoms with Crippen LogP contribution >= 0.6 is 49.9 Å². The Hall–Kier alpha value is -2.13. The molecule has 0 spiro atoms. The van der Waals surface area contributed by atoms with Crippen LogP contribution in [-0.4, -0.2) is 90.2 Å². The van der Waals surface area contributed by atoms with Crippen molar-refractivity contribution in [2.45, 2.75) is 53.9 Å². The quantitative estimate of drug-likeness (QED) is 0.221. The number of ketones is 1. The molecule has 0 radical (unpaired) electrons. The summed E-state index contributed by atoms with van der Waals surface area (Å²) in [5, 5.41) is -2.20. The first kappa shape index (κ1) is 31.5. The monoisotopic (exact) mass is 726 g/mol. The van der Waals surface area contributed by atoms with Crippen molar-refractivity contribution in [1.29, 1.82) is 0 Å². The van der Waals surface area contributed by atoms with E-state index >= 15 is 8.78 Å². The molecule has 0 unspecified atom stereocenters. The summed E-state index contributed by atoms with van der Waals surface area (Å²) < 4.78 is 89.0. The van der Waals surface area contributed by atoms with E-state index in [1.807, 2.05) is 0 Å². The number of nitrogens with zero attached hydrogens (tertiary/aromatic N) is 6. The van der Waals surface area contributed by atoms with Crippen LogP contribution in [-0.2, 0) is 32.0 Å². The lowest BCUT2D eigenvalue weighted by Gasteiger charge is -2.26. The SMILES string of the molecule is Nc1nc2c(ncn2[C@@H]2S[C@@H]3CO[P@@](=O)(S)O[C@H]4[C@H](F)[C@H](n5cnc6c5N=CCC6=O)O[C@@H]4CO[P@@](=O)(S)O[C@@H]2[C@@H]3F)c(=O)[nH]1. The zero-order valence-electron chi connectivity index (χ0n) is 22.4. The fourth-order valence-electron chi connectivity index (χ4n) is 5.35. The van der Waals surface area contributed by atoms with Gasteiger partial charge in [0.15, 0.2) is 40.9 Å². The van der Waals surface area contributed by atoms with Crippen LogP contribution in [0.1, 0.15) is 28.5 Å². The number of anilines is 1. The Kier molecular flexibility index (Phi) is 8.07. The number of hydrogen-bond acceptors (Lipinski definition) is 15. The number of aromatic amines is 1. The number of alkyl halides is 2. The summed E-state index contributed by atoms with van der Waals surface area (Å²) in [7, 11) is 0. The Morgan fingerprint density at radius 1 is 1.02 bits per heavy atom. The molecule has 24 heteroatoms. The van der Waals surface area contributed by atoms with Crippen molar-refractivity contribution < 1.29 is 45.5 Å². The maximum atomic E-state index is 16.0. The number of nitrogen functional groups attached to an aromatic ring is 1. The zero-order valence-corrected chi connectivity index (χ0v) is 26.8. The Bertz CT molecular complexity index is 1880. The topological polar surface area (TPSA) is 217 Å². The summed E-state index contributed by atoms with van der Waals surface area (Å²) >= 11 is 8.91. The van der Waals surface area contributed by atoms with E-state index in [4.69, 9.17) is 28.6 Å². The van der Waals surface area contributed by atoms with Gasteiger partial charge < -0.3 is 10.5 Å². The van der Waals surface area contributed by atoms with Gasteiger partial charge in [-0.05, 0) is 0 Å². The number of nitrogens with two attached hydrogens (primary N) is 1. The van der Waals surface area contributed by atoms with Crippen LogP contribution in [0.2, 0.25) is 0 Å². The van der Waals surface area contributed by atoms with Crippen LogP contribution in [0.15, 0.2) is 22.4 Å². The summed E-state index contributed by atoms with van der Waals surface area (Å²) in [6.07, 6.45) is -6.38. The van der Waals surface area contributed by atoms with Crippen molar-refractivity contribution in [2.24, 2.45) is 4.99 Å². The molecule has 3 fully saturated rings. The number of carbonyl (C=O) groups is 1. The van der Waals surface area contributed by atoms with E-state index in [0.717, 1.165) is 18.1 Å². The van der Waals surface area contributed by atoms with Gasteiger partial charge >= 0.3 is 13.6 Å². The second-order valence-electron chi connectivity index (χ2n) is 10.2. The number of fused-ring (bicyclic) bond motifs is 5. The Morgan fingerprint density at radius 3 is 2.51 bits per heavy atom. The number of aromatic nitrogens is 6. The maximum Gasteiger partial charge on any atom is 0.386 e. The molecule has 0 saturated carbocycles. The van der Waals surface area contributed by atoms with E-state index in [1.54, 1.807) is 0 Å². The summed E-state index contributed by atoms with van der Waals surface area (Å²) in [6, 6.07) is 0. The van der Waals surface area contributed by atoms with Crippen molar-refractivity contribution in [3.63, 3.8) is 0 Å². The van der Waals surface area contributed by atoms with Crippen LogP contribution in [0.5, 0.6) is 0 Å². The fourth-order valence-corrected chi connectivity index (χ4v) is 9.95. The second kappa shape index (κ2) is 11.5. The predicted molar refractivity (Wildman–Crippen MR) is 161 cm³/mol. The molecule has 2 bridgehead atoms. The van der Waals surface area contributed by atoms with Gasteiger partial charge in [0.1, 0.15) is 29.9 Å². The lowest BCUT2D eigenvalue weighted by molar-refractivity contribution is -0.0426. The number of rotatable bonds is 2. The Labute approximate surface area is 265 Å². The lowest BCUT2D eigenvalue weighted by Crippen LogP contribution is -2.33. The molecule has 45 heavy (non-hydrogen) atoms. The Morgan fingerprint density at radius 2 is 1.73 bits per heavy atom. The molecule has 7 heterocycles. The molecule has 3 saturated heterocycles. The number of halogens is 2. The van der Waals surface area contributed by atoms with Crippen LogP contribution in [0, 0.1) is 0 Å². The average molecular weight is 727 g/mol. The highest BCUT2D eigenvalue weighted by molar-refractivity contribution is 8.44. The first-order chi connectivity index (χ1) is 21.3. The molecule has 0 aromatic carbocycles. The fraction of sp³-hybridized carbons (Fsp3) is 0.524. The summed E-state index contributed by atoms with van der Waals surface area (Å²) in [5.41, 5.74) is 4.96. The minimum Gasteiger partial charge on any atom is -0.369 e.